The largest absolute Gasteiger partial charge is 0.297 e. The first-order chi connectivity index (χ1) is 8.19. The maximum Gasteiger partial charge on any atom is 0.0764 e. The van der Waals surface area contributed by atoms with Crippen LogP contribution in [0.1, 0.15) is 38.4 Å². The van der Waals surface area contributed by atoms with Crippen molar-refractivity contribution in [3.8, 4) is 0 Å². The predicted octanol–water partition coefficient (Wildman–Crippen LogP) is 3.07. The van der Waals surface area contributed by atoms with Crippen LogP contribution in [0, 0.1) is 5.92 Å². The average molecular weight is 300 g/mol. The van der Waals surface area contributed by atoms with Crippen LogP contribution in [0.4, 0.5) is 0 Å². The van der Waals surface area contributed by atoms with Gasteiger partial charge < -0.3 is 0 Å². The van der Waals surface area contributed by atoms with Gasteiger partial charge in [-0.2, -0.15) is 5.10 Å². The van der Waals surface area contributed by atoms with Gasteiger partial charge in [0.05, 0.1) is 5.69 Å². The second kappa shape index (κ2) is 6.01. The molecule has 96 valence electrons. The molecule has 1 fully saturated rings. The number of likely N-dealkylation sites (tertiary alicyclic amines) is 1. The van der Waals surface area contributed by atoms with E-state index < -0.39 is 0 Å². The van der Waals surface area contributed by atoms with E-state index in [9.17, 15) is 0 Å². The lowest BCUT2D eigenvalue weighted by molar-refractivity contribution is 0.185. The highest BCUT2D eigenvalue weighted by Gasteiger charge is 2.18. The smallest absolute Gasteiger partial charge is 0.0764 e. The van der Waals surface area contributed by atoms with Gasteiger partial charge in [0.25, 0.3) is 0 Å². The number of aromatic nitrogens is 2. The van der Waals surface area contributed by atoms with E-state index in [1.165, 1.54) is 31.6 Å². The van der Waals surface area contributed by atoms with Crippen molar-refractivity contribution >= 4 is 15.9 Å². The molecule has 4 heteroatoms. The molecule has 1 saturated heterocycles. The molecule has 0 radical (unpaired) electrons. The first kappa shape index (κ1) is 13.1. The first-order valence-corrected chi connectivity index (χ1v) is 7.63. The average Bonchev–Trinajstić information content (AvgIpc) is 2.79. The summed E-state index contributed by atoms with van der Waals surface area (Å²) in [4.78, 5) is 2.52. The molecule has 3 nitrogen and oxygen atoms in total. The standard InChI is InChI=1S/C13H22BrN3/c1-11(2)17-8-5-13(15-17)10-16-6-3-12(9-14)4-7-16/h5,8,11-12H,3-4,6-7,9-10H2,1-2H3. The molecule has 1 aliphatic rings. The van der Waals surface area contributed by atoms with E-state index in [0.29, 0.717) is 6.04 Å². The van der Waals surface area contributed by atoms with Crippen LogP contribution in [-0.4, -0.2) is 33.1 Å². The van der Waals surface area contributed by atoms with E-state index in [-0.39, 0.29) is 0 Å². The summed E-state index contributed by atoms with van der Waals surface area (Å²) in [5.74, 6) is 0.875. The molecule has 2 rings (SSSR count). The van der Waals surface area contributed by atoms with E-state index in [0.717, 1.165) is 17.8 Å². The lowest BCUT2D eigenvalue weighted by Crippen LogP contribution is -2.33. The second-order valence-corrected chi connectivity index (χ2v) is 5.90. The SMILES string of the molecule is CC(C)n1ccc(CN2CCC(CBr)CC2)n1. The zero-order valence-corrected chi connectivity index (χ0v) is 12.4. The third-order valence-corrected chi connectivity index (χ3v) is 4.42. The fourth-order valence-corrected chi connectivity index (χ4v) is 2.92. The minimum atomic E-state index is 0.461. The minimum absolute atomic E-state index is 0.461. The van der Waals surface area contributed by atoms with Gasteiger partial charge in [-0.1, -0.05) is 15.9 Å². The highest BCUT2D eigenvalue weighted by Crippen LogP contribution is 2.20. The topological polar surface area (TPSA) is 21.1 Å². The minimum Gasteiger partial charge on any atom is -0.297 e. The van der Waals surface area contributed by atoms with Crippen LogP contribution < -0.4 is 0 Å². The van der Waals surface area contributed by atoms with Crippen molar-refractivity contribution in [3.63, 3.8) is 0 Å². The van der Waals surface area contributed by atoms with E-state index in [2.05, 4.69) is 52.0 Å². The Balaban J connectivity index is 1.84. The zero-order chi connectivity index (χ0) is 12.3. The fourth-order valence-electron chi connectivity index (χ4n) is 2.28. The number of piperidine rings is 1. The van der Waals surface area contributed by atoms with E-state index in [1.807, 2.05) is 4.68 Å². The molecule has 0 N–H and O–H groups in total. The summed E-state index contributed by atoms with van der Waals surface area (Å²) in [6, 6.07) is 2.61. The predicted molar refractivity (Wildman–Crippen MR) is 74.4 cm³/mol. The van der Waals surface area contributed by atoms with E-state index in [1.54, 1.807) is 0 Å². The number of nitrogens with zero attached hydrogens (tertiary/aromatic N) is 3. The van der Waals surface area contributed by atoms with Crippen LogP contribution in [0.3, 0.4) is 0 Å². The summed E-state index contributed by atoms with van der Waals surface area (Å²) >= 11 is 3.58. The molecule has 0 spiro atoms. The lowest BCUT2D eigenvalue weighted by Gasteiger charge is -2.30. The molecule has 1 aromatic heterocycles. The maximum absolute atomic E-state index is 4.61. The number of rotatable bonds is 4. The Labute approximate surface area is 112 Å². The number of alkyl halides is 1. The Morgan fingerprint density at radius 2 is 2.12 bits per heavy atom. The van der Waals surface area contributed by atoms with Gasteiger partial charge in [0.1, 0.15) is 0 Å². The van der Waals surface area contributed by atoms with E-state index >= 15 is 0 Å². The van der Waals surface area contributed by atoms with Crippen molar-refractivity contribution in [2.24, 2.45) is 5.92 Å². The van der Waals surface area contributed by atoms with Crippen LogP contribution in [0.2, 0.25) is 0 Å². The summed E-state index contributed by atoms with van der Waals surface area (Å²) in [5, 5.41) is 5.76. The molecule has 1 aliphatic heterocycles. The molecule has 0 saturated carbocycles. The van der Waals surface area contributed by atoms with Gasteiger partial charge >= 0.3 is 0 Å². The normalized spacial score (nSPS) is 19.1. The van der Waals surface area contributed by atoms with Gasteiger partial charge in [0, 0.05) is 24.1 Å². The number of hydrogen-bond donors (Lipinski definition) is 0. The summed E-state index contributed by atoms with van der Waals surface area (Å²) in [5.41, 5.74) is 1.20. The van der Waals surface area contributed by atoms with Crippen molar-refractivity contribution in [1.82, 2.24) is 14.7 Å². The number of hydrogen-bond acceptors (Lipinski definition) is 2. The van der Waals surface area contributed by atoms with Gasteiger partial charge in [0.15, 0.2) is 0 Å². The summed E-state index contributed by atoms with van der Waals surface area (Å²) in [7, 11) is 0. The lowest BCUT2D eigenvalue weighted by atomic mass is 9.99. The van der Waals surface area contributed by atoms with Crippen LogP contribution in [0.15, 0.2) is 12.3 Å². The molecular weight excluding hydrogens is 278 g/mol. The van der Waals surface area contributed by atoms with Gasteiger partial charge in [-0.3, -0.25) is 9.58 Å². The highest BCUT2D eigenvalue weighted by molar-refractivity contribution is 9.09. The van der Waals surface area contributed by atoms with E-state index in [4.69, 9.17) is 0 Å². The van der Waals surface area contributed by atoms with Gasteiger partial charge in [-0.25, -0.2) is 0 Å². The highest BCUT2D eigenvalue weighted by atomic mass is 79.9. The van der Waals surface area contributed by atoms with Crippen molar-refractivity contribution in [3.05, 3.63) is 18.0 Å². The second-order valence-electron chi connectivity index (χ2n) is 5.25. The van der Waals surface area contributed by atoms with Gasteiger partial charge in [-0.05, 0) is 51.8 Å². The van der Waals surface area contributed by atoms with Crippen molar-refractivity contribution in [1.29, 1.82) is 0 Å². The molecular formula is C13H22BrN3. The molecule has 1 aromatic rings. The van der Waals surface area contributed by atoms with Crippen LogP contribution >= 0.6 is 15.9 Å². The molecule has 0 aliphatic carbocycles. The molecule has 17 heavy (non-hydrogen) atoms. The third-order valence-electron chi connectivity index (χ3n) is 3.50. The Morgan fingerprint density at radius 1 is 1.41 bits per heavy atom. The summed E-state index contributed by atoms with van der Waals surface area (Å²) in [6.07, 6.45) is 4.72. The maximum atomic E-state index is 4.61. The first-order valence-electron chi connectivity index (χ1n) is 6.51. The molecule has 0 unspecified atom stereocenters. The molecule has 0 atom stereocenters. The summed E-state index contributed by atoms with van der Waals surface area (Å²) in [6.45, 7) is 7.76. The van der Waals surface area contributed by atoms with Crippen LogP contribution in [0.25, 0.3) is 0 Å². The third kappa shape index (κ3) is 3.55. The van der Waals surface area contributed by atoms with Crippen LogP contribution in [0.5, 0.6) is 0 Å². The van der Waals surface area contributed by atoms with Gasteiger partial charge in [-0.15, -0.1) is 0 Å². The van der Waals surface area contributed by atoms with Gasteiger partial charge in [0.2, 0.25) is 0 Å². The molecule has 2 heterocycles. The fraction of sp³-hybridized carbons (Fsp3) is 0.769. The Morgan fingerprint density at radius 3 is 2.65 bits per heavy atom. The Kier molecular flexibility index (Phi) is 4.62. The molecule has 0 aromatic carbocycles. The van der Waals surface area contributed by atoms with Crippen molar-refractivity contribution < 1.29 is 0 Å². The zero-order valence-electron chi connectivity index (χ0n) is 10.8. The number of halogens is 1. The molecule has 0 bridgehead atoms. The summed E-state index contributed by atoms with van der Waals surface area (Å²) < 4.78 is 2.04. The van der Waals surface area contributed by atoms with Crippen molar-refractivity contribution in [2.75, 3.05) is 18.4 Å². The monoisotopic (exact) mass is 299 g/mol. The van der Waals surface area contributed by atoms with Crippen LogP contribution in [-0.2, 0) is 6.54 Å². The Bertz CT molecular complexity index is 340. The van der Waals surface area contributed by atoms with Crippen molar-refractivity contribution in [2.45, 2.75) is 39.3 Å². The Hall–Kier alpha value is -0.350. The molecule has 0 amide bonds. The quantitative estimate of drug-likeness (QED) is 0.797.